The zero-order valence-corrected chi connectivity index (χ0v) is 28.0. The summed E-state index contributed by atoms with van der Waals surface area (Å²) in [6, 6.07) is 14.4. The van der Waals surface area contributed by atoms with Gasteiger partial charge in [-0.25, -0.2) is 4.79 Å². The van der Waals surface area contributed by atoms with Crippen LogP contribution >= 0.6 is 0 Å². The van der Waals surface area contributed by atoms with Crippen molar-refractivity contribution in [1.82, 2.24) is 10.2 Å². The predicted octanol–water partition coefficient (Wildman–Crippen LogP) is 7.91. The van der Waals surface area contributed by atoms with Crippen molar-refractivity contribution in [1.29, 1.82) is 0 Å². The molecule has 1 unspecified atom stereocenters. The third kappa shape index (κ3) is 7.37. The van der Waals surface area contributed by atoms with Crippen LogP contribution in [0.25, 0.3) is 12.2 Å². The van der Waals surface area contributed by atoms with Gasteiger partial charge in [0.05, 0.1) is 6.61 Å². The van der Waals surface area contributed by atoms with Gasteiger partial charge in [-0.15, -0.1) is 0 Å². The van der Waals surface area contributed by atoms with Crippen LogP contribution in [-0.2, 0) is 22.4 Å². The highest BCUT2D eigenvalue weighted by Crippen LogP contribution is 2.51. The molecule has 14 heteroatoms. The molecule has 3 amide bonds. The highest BCUT2D eigenvalue weighted by molar-refractivity contribution is 6.07. The molecule has 3 aromatic carbocycles. The van der Waals surface area contributed by atoms with Gasteiger partial charge in [0.2, 0.25) is 0 Å². The normalized spacial score (nSPS) is 18.0. The van der Waals surface area contributed by atoms with Crippen LogP contribution in [-0.4, -0.2) is 60.7 Å². The number of hydrogen-bond donors (Lipinski definition) is 2. The number of urea groups is 1. The number of rotatable bonds is 13. The number of imide groups is 1. The second kappa shape index (κ2) is 14.9. The minimum absolute atomic E-state index is 0.0320. The Kier molecular flexibility index (Phi) is 10.9. The van der Waals surface area contributed by atoms with Crippen molar-refractivity contribution in [3.63, 3.8) is 0 Å². The molecule has 0 saturated carbocycles. The Morgan fingerprint density at radius 1 is 0.902 bits per heavy atom. The minimum atomic E-state index is -6.06. The minimum Gasteiger partial charge on any atom is -0.493 e. The van der Waals surface area contributed by atoms with Gasteiger partial charge in [-0.3, -0.25) is 9.69 Å². The zero-order valence-electron chi connectivity index (χ0n) is 28.0. The number of nitrogens with one attached hydrogen (secondary N) is 1. The number of aliphatic hydroxyl groups is 1. The molecule has 1 fully saturated rings. The van der Waals surface area contributed by atoms with Gasteiger partial charge >= 0.3 is 18.4 Å². The van der Waals surface area contributed by atoms with E-state index in [9.17, 15) is 41.0 Å². The Morgan fingerprint density at radius 3 is 2.24 bits per heavy atom. The summed E-state index contributed by atoms with van der Waals surface area (Å²) in [4.78, 5) is 27.8. The van der Waals surface area contributed by atoms with Gasteiger partial charge in [-0.2, -0.15) is 26.3 Å². The van der Waals surface area contributed by atoms with E-state index in [0.29, 0.717) is 60.8 Å². The van der Waals surface area contributed by atoms with Crippen molar-refractivity contribution in [2.24, 2.45) is 0 Å². The second-order valence-electron chi connectivity index (χ2n) is 12.3. The molecule has 1 saturated heterocycles. The Hall–Kier alpha value is -4.72. The van der Waals surface area contributed by atoms with Crippen LogP contribution in [0.2, 0.25) is 0 Å². The van der Waals surface area contributed by atoms with Gasteiger partial charge in [0.15, 0.2) is 11.5 Å². The standard InChI is InChI=1S/C37H38F6N2O6/c1-3-10-25-21-28(35(48,36(38,39)40)37(41,42)43)22-26(14-13-24-11-6-5-7-12-24)31(25)51-18-9-8-17-45-32(46)34(4-2,44-33(45)47)27-15-16-29-30(23-27)50-20-19-49-29/h5-7,11-16,21-23,48H,3-4,8-10,17-20H2,1-2H3,(H,44,47). The van der Waals surface area contributed by atoms with Crippen molar-refractivity contribution in [2.75, 3.05) is 26.4 Å². The molecule has 0 aliphatic carbocycles. The first-order valence-corrected chi connectivity index (χ1v) is 16.6. The average Bonchev–Trinajstić information content (AvgIpc) is 3.35. The highest BCUT2D eigenvalue weighted by atomic mass is 19.4. The largest absolute Gasteiger partial charge is 0.493 e. The topological polar surface area (TPSA) is 97.3 Å². The Balaban J connectivity index is 1.35. The number of aryl methyl sites for hydroxylation is 1. The molecule has 0 spiro atoms. The Labute approximate surface area is 291 Å². The number of nitrogens with zero attached hydrogens (tertiary/aromatic N) is 1. The van der Waals surface area contributed by atoms with Gasteiger partial charge in [-0.1, -0.05) is 68.8 Å². The fourth-order valence-electron chi connectivity index (χ4n) is 6.24. The fraction of sp³-hybridized carbons (Fsp3) is 0.405. The molecule has 1 atom stereocenters. The predicted molar refractivity (Wildman–Crippen MR) is 176 cm³/mol. The molecule has 8 nitrogen and oxygen atoms in total. The van der Waals surface area contributed by atoms with Gasteiger partial charge in [0.25, 0.3) is 11.5 Å². The summed E-state index contributed by atoms with van der Waals surface area (Å²) in [6.45, 7) is 4.23. The van der Waals surface area contributed by atoms with Crippen LogP contribution in [0.3, 0.4) is 0 Å². The second-order valence-corrected chi connectivity index (χ2v) is 12.3. The zero-order chi connectivity index (χ0) is 37.0. The number of halogens is 6. The highest BCUT2D eigenvalue weighted by Gasteiger charge is 2.71. The summed E-state index contributed by atoms with van der Waals surface area (Å²) < 4.78 is 101. The molecule has 3 aromatic rings. The quantitative estimate of drug-likeness (QED) is 0.0807. The van der Waals surface area contributed by atoms with Crippen LogP contribution in [0, 0.1) is 0 Å². The summed E-state index contributed by atoms with van der Waals surface area (Å²) in [6.07, 6.45) is -8.01. The lowest BCUT2D eigenvalue weighted by molar-refractivity contribution is -0.376. The Bertz CT molecular complexity index is 1750. The first-order chi connectivity index (χ1) is 24.2. The van der Waals surface area contributed by atoms with E-state index in [1.165, 1.54) is 12.2 Å². The summed E-state index contributed by atoms with van der Waals surface area (Å²) in [5.74, 6) is 0.637. The van der Waals surface area contributed by atoms with Crippen molar-refractivity contribution in [3.05, 3.63) is 88.5 Å². The third-order valence-electron chi connectivity index (χ3n) is 8.97. The van der Waals surface area contributed by atoms with E-state index in [0.717, 1.165) is 4.90 Å². The van der Waals surface area contributed by atoms with Gasteiger partial charge in [-0.05, 0) is 66.6 Å². The molecule has 274 valence electrons. The summed E-state index contributed by atoms with van der Waals surface area (Å²) in [7, 11) is 0. The van der Waals surface area contributed by atoms with E-state index in [1.807, 2.05) is 0 Å². The van der Waals surface area contributed by atoms with Gasteiger partial charge in [0.1, 0.15) is 24.5 Å². The van der Waals surface area contributed by atoms with Crippen LogP contribution in [0.4, 0.5) is 31.1 Å². The maximum Gasteiger partial charge on any atom is 0.430 e. The molecule has 5 rings (SSSR count). The molecule has 51 heavy (non-hydrogen) atoms. The number of alkyl halides is 6. The lowest BCUT2D eigenvalue weighted by Crippen LogP contribution is -2.54. The number of amides is 3. The Morgan fingerprint density at radius 2 is 1.59 bits per heavy atom. The van der Waals surface area contributed by atoms with Gasteiger partial charge < -0.3 is 24.6 Å². The van der Waals surface area contributed by atoms with Crippen molar-refractivity contribution >= 4 is 24.1 Å². The summed E-state index contributed by atoms with van der Waals surface area (Å²) in [5.41, 5.74) is -6.67. The number of carbonyl (C=O) groups is 2. The lowest BCUT2D eigenvalue weighted by Gasteiger charge is -2.33. The number of ether oxygens (including phenoxy) is 3. The summed E-state index contributed by atoms with van der Waals surface area (Å²) in [5, 5.41) is 13.1. The smallest absolute Gasteiger partial charge is 0.430 e. The molecule has 2 aliphatic rings. The van der Waals surface area contributed by atoms with E-state index in [1.54, 1.807) is 62.4 Å². The average molecular weight is 721 g/mol. The van der Waals surface area contributed by atoms with E-state index in [-0.39, 0.29) is 49.3 Å². The van der Waals surface area contributed by atoms with Gasteiger partial charge in [0, 0.05) is 17.7 Å². The number of fused-ring (bicyclic) bond motifs is 1. The first kappa shape index (κ1) is 37.5. The molecule has 2 heterocycles. The molecule has 0 bridgehead atoms. The van der Waals surface area contributed by atoms with E-state index < -0.39 is 41.0 Å². The molecule has 0 aromatic heterocycles. The van der Waals surface area contributed by atoms with Crippen LogP contribution in [0.15, 0.2) is 60.7 Å². The SMILES string of the molecule is CCCc1cc(C(O)(C(F)(F)F)C(F)(F)F)cc(C=Cc2ccccc2)c1OCCCCN1C(=O)NC(CC)(c2ccc3c(c2)OCCO3)C1=O. The van der Waals surface area contributed by atoms with E-state index in [4.69, 9.17) is 14.2 Å². The maximum atomic E-state index is 13.9. The number of carbonyl (C=O) groups excluding carboxylic acids is 2. The number of hydrogen-bond acceptors (Lipinski definition) is 6. The van der Waals surface area contributed by atoms with Crippen molar-refractivity contribution in [3.8, 4) is 17.2 Å². The van der Waals surface area contributed by atoms with Crippen LogP contribution in [0.1, 0.15) is 67.3 Å². The molecule has 0 radical (unpaired) electrons. The van der Waals surface area contributed by atoms with Crippen molar-refractivity contribution < 1.29 is 55.2 Å². The van der Waals surface area contributed by atoms with E-state index in [2.05, 4.69) is 5.32 Å². The molecular formula is C37H38F6N2O6. The maximum absolute atomic E-state index is 13.9. The molecular weight excluding hydrogens is 682 g/mol. The van der Waals surface area contributed by atoms with Crippen LogP contribution < -0.4 is 19.5 Å². The third-order valence-corrected chi connectivity index (χ3v) is 8.97. The fourth-order valence-corrected chi connectivity index (χ4v) is 6.24. The van der Waals surface area contributed by atoms with E-state index >= 15 is 0 Å². The number of unbranched alkanes of at least 4 members (excludes halogenated alkanes) is 1. The molecule has 2 aliphatic heterocycles. The monoisotopic (exact) mass is 720 g/mol. The van der Waals surface area contributed by atoms with Crippen molar-refractivity contribution in [2.45, 2.75) is 69.4 Å². The molecule has 2 N–H and O–H groups in total. The van der Waals surface area contributed by atoms with Crippen LogP contribution in [0.5, 0.6) is 17.2 Å². The number of benzene rings is 3. The first-order valence-electron chi connectivity index (χ1n) is 16.6. The lowest BCUT2D eigenvalue weighted by atomic mass is 9.87. The summed E-state index contributed by atoms with van der Waals surface area (Å²) >= 11 is 0.